The average Bonchev–Trinajstić information content (AvgIpc) is 2.37. The summed E-state index contributed by atoms with van der Waals surface area (Å²) in [6.45, 7) is 1.20. The highest BCUT2D eigenvalue weighted by molar-refractivity contribution is 5.82. The quantitative estimate of drug-likeness (QED) is 0.586. The second kappa shape index (κ2) is 6.50. The smallest absolute Gasteiger partial charge is 0.326 e. The van der Waals surface area contributed by atoms with Crippen molar-refractivity contribution in [3.63, 3.8) is 0 Å². The van der Waals surface area contributed by atoms with Crippen LogP contribution in [0.2, 0.25) is 0 Å². The summed E-state index contributed by atoms with van der Waals surface area (Å²) in [6.07, 6.45) is -0.111. The first-order chi connectivity index (χ1) is 9.35. The molecular formula is C12H14N2O6. The number of carbonyl (C=O) groups excluding carboxylic acids is 1. The van der Waals surface area contributed by atoms with Crippen LogP contribution in [-0.4, -0.2) is 35.1 Å². The molecule has 1 rings (SSSR count). The van der Waals surface area contributed by atoms with E-state index in [-0.39, 0.29) is 12.1 Å². The Kier molecular flexibility index (Phi) is 5.01. The van der Waals surface area contributed by atoms with Crippen molar-refractivity contribution in [3.8, 4) is 5.75 Å². The van der Waals surface area contributed by atoms with Crippen molar-refractivity contribution in [2.24, 2.45) is 0 Å². The molecule has 0 aliphatic carbocycles. The summed E-state index contributed by atoms with van der Waals surface area (Å²) in [6, 6.07) is 2.70. The molecule has 2 N–H and O–H groups in total. The SMILES string of the molecule is COc1ccc([N+](=O)[O-])cc1C[C@H](NC(C)=O)C(=O)O. The number of benzene rings is 1. The zero-order valence-corrected chi connectivity index (χ0v) is 11.0. The van der Waals surface area contributed by atoms with Crippen LogP contribution in [0.25, 0.3) is 0 Å². The van der Waals surface area contributed by atoms with Crippen LogP contribution in [0.3, 0.4) is 0 Å². The number of rotatable bonds is 6. The lowest BCUT2D eigenvalue weighted by Gasteiger charge is -2.15. The molecular weight excluding hydrogens is 268 g/mol. The van der Waals surface area contributed by atoms with Gasteiger partial charge in [-0.15, -0.1) is 0 Å². The number of hydrogen-bond acceptors (Lipinski definition) is 5. The number of carbonyl (C=O) groups is 2. The number of nitrogens with one attached hydrogen (secondary N) is 1. The standard InChI is InChI=1S/C12H14N2O6/c1-7(15)13-10(12(16)17)6-8-5-9(14(18)19)3-4-11(8)20-2/h3-5,10H,6H2,1-2H3,(H,13,15)(H,16,17)/t10-/m0/s1. The summed E-state index contributed by atoms with van der Waals surface area (Å²) >= 11 is 0. The molecule has 108 valence electrons. The van der Waals surface area contributed by atoms with E-state index in [0.29, 0.717) is 11.3 Å². The third-order valence-corrected chi connectivity index (χ3v) is 2.57. The summed E-state index contributed by atoms with van der Waals surface area (Å²) in [7, 11) is 1.37. The Bertz CT molecular complexity index is 543. The predicted octanol–water partition coefficient (Wildman–Crippen LogP) is 0.735. The molecule has 0 fully saturated rings. The molecule has 8 heteroatoms. The van der Waals surface area contributed by atoms with Gasteiger partial charge in [-0.2, -0.15) is 0 Å². The highest BCUT2D eigenvalue weighted by Gasteiger charge is 2.22. The molecule has 0 radical (unpaired) electrons. The van der Waals surface area contributed by atoms with E-state index in [4.69, 9.17) is 9.84 Å². The first-order valence-electron chi connectivity index (χ1n) is 5.66. The normalized spacial score (nSPS) is 11.5. The zero-order chi connectivity index (χ0) is 15.3. The molecule has 0 aliphatic heterocycles. The lowest BCUT2D eigenvalue weighted by atomic mass is 10.0. The van der Waals surface area contributed by atoms with Crippen LogP contribution >= 0.6 is 0 Å². The largest absolute Gasteiger partial charge is 0.496 e. The number of methoxy groups -OCH3 is 1. The van der Waals surface area contributed by atoms with Crippen molar-refractivity contribution in [3.05, 3.63) is 33.9 Å². The van der Waals surface area contributed by atoms with E-state index < -0.39 is 22.8 Å². The Morgan fingerprint density at radius 1 is 1.50 bits per heavy atom. The molecule has 0 aromatic heterocycles. The number of nitro benzene ring substituents is 1. The minimum absolute atomic E-state index is 0.111. The second-order valence-corrected chi connectivity index (χ2v) is 4.05. The number of carboxylic acid groups (broad SMARTS) is 1. The second-order valence-electron chi connectivity index (χ2n) is 4.05. The van der Waals surface area contributed by atoms with Gasteiger partial charge in [0.15, 0.2) is 0 Å². The van der Waals surface area contributed by atoms with E-state index in [1.807, 2.05) is 0 Å². The molecule has 0 spiro atoms. The fraction of sp³-hybridized carbons (Fsp3) is 0.333. The van der Waals surface area contributed by atoms with Gasteiger partial charge in [-0.25, -0.2) is 4.79 Å². The third kappa shape index (κ3) is 3.94. The van der Waals surface area contributed by atoms with Gasteiger partial charge in [-0.1, -0.05) is 0 Å². The van der Waals surface area contributed by atoms with Gasteiger partial charge < -0.3 is 15.2 Å². The van der Waals surface area contributed by atoms with Crippen LogP contribution in [0, 0.1) is 10.1 Å². The lowest BCUT2D eigenvalue weighted by Crippen LogP contribution is -2.41. The Hall–Kier alpha value is -2.64. The third-order valence-electron chi connectivity index (χ3n) is 2.57. The monoisotopic (exact) mass is 282 g/mol. The molecule has 8 nitrogen and oxygen atoms in total. The van der Waals surface area contributed by atoms with Crippen LogP contribution in [0.5, 0.6) is 5.75 Å². The molecule has 1 amide bonds. The molecule has 1 aromatic carbocycles. The minimum Gasteiger partial charge on any atom is -0.496 e. The first-order valence-corrected chi connectivity index (χ1v) is 5.66. The van der Waals surface area contributed by atoms with E-state index in [9.17, 15) is 19.7 Å². The van der Waals surface area contributed by atoms with Crippen molar-refractivity contribution in [1.82, 2.24) is 5.32 Å². The van der Waals surface area contributed by atoms with Gasteiger partial charge in [0.2, 0.25) is 5.91 Å². The van der Waals surface area contributed by atoms with Gasteiger partial charge >= 0.3 is 5.97 Å². The van der Waals surface area contributed by atoms with E-state index in [1.165, 1.54) is 32.2 Å². The number of nitrogens with zero attached hydrogens (tertiary/aromatic N) is 1. The summed E-state index contributed by atoms with van der Waals surface area (Å²) < 4.78 is 5.04. The van der Waals surface area contributed by atoms with Crippen molar-refractivity contribution in [2.75, 3.05) is 7.11 Å². The van der Waals surface area contributed by atoms with E-state index >= 15 is 0 Å². The maximum absolute atomic E-state index is 11.1. The Balaban J connectivity index is 3.09. The number of aliphatic carboxylic acids is 1. The Labute approximate surface area is 114 Å². The van der Waals surface area contributed by atoms with Gasteiger partial charge in [-0.05, 0) is 6.07 Å². The van der Waals surface area contributed by atoms with Crippen LogP contribution < -0.4 is 10.1 Å². The summed E-state index contributed by atoms with van der Waals surface area (Å²) in [4.78, 5) is 32.2. The van der Waals surface area contributed by atoms with E-state index in [2.05, 4.69) is 5.32 Å². The molecule has 0 unspecified atom stereocenters. The number of non-ortho nitro benzene ring substituents is 1. The molecule has 20 heavy (non-hydrogen) atoms. The summed E-state index contributed by atoms with van der Waals surface area (Å²) in [5.74, 6) is -1.40. The summed E-state index contributed by atoms with van der Waals surface area (Å²) in [5.41, 5.74) is 0.163. The van der Waals surface area contributed by atoms with Gasteiger partial charge in [-0.3, -0.25) is 14.9 Å². The molecule has 0 aliphatic rings. The van der Waals surface area contributed by atoms with Crippen molar-refractivity contribution in [2.45, 2.75) is 19.4 Å². The van der Waals surface area contributed by atoms with Crippen LogP contribution in [0.15, 0.2) is 18.2 Å². The number of nitro groups is 1. The van der Waals surface area contributed by atoms with Gasteiger partial charge in [0.05, 0.1) is 12.0 Å². The van der Waals surface area contributed by atoms with E-state index in [1.54, 1.807) is 0 Å². The minimum atomic E-state index is -1.23. The Morgan fingerprint density at radius 3 is 2.60 bits per heavy atom. The maximum atomic E-state index is 11.1. The summed E-state index contributed by atoms with van der Waals surface area (Å²) in [5, 5.41) is 22.0. The molecule has 0 heterocycles. The molecule has 1 aromatic rings. The number of ether oxygens (including phenoxy) is 1. The average molecular weight is 282 g/mol. The van der Waals surface area contributed by atoms with Crippen LogP contribution in [-0.2, 0) is 16.0 Å². The topological polar surface area (TPSA) is 119 Å². The van der Waals surface area contributed by atoms with Crippen molar-refractivity contribution >= 4 is 17.6 Å². The Morgan fingerprint density at radius 2 is 2.15 bits per heavy atom. The van der Waals surface area contributed by atoms with Crippen molar-refractivity contribution in [1.29, 1.82) is 0 Å². The molecule has 0 saturated heterocycles. The maximum Gasteiger partial charge on any atom is 0.326 e. The van der Waals surface area contributed by atoms with Gasteiger partial charge in [0.25, 0.3) is 5.69 Å². The first kappa shape index (κ1) is 15.4. The number of amides is 1. The van der Waals surface area contributed by atoms with Crippen molar-refractivity contribution < 1.29 is 24.4 Å². The van der Waals surface area contributed by atoms with Gasteiger partial charge in [0.1, 0.15) is 11.8 Å². The highest BCUT2D eigenvalue weighted by Crippen LogP contribution is 2.25. The highest BCUT2D eigenvalue weighted by atomic mass is 16.6. The number of carboxylic acids is 1. The molecule has 0 saturated carbocycles. The van der Waals surface area contributed by atoms with Gasteiger partial charge in [0, 0.05) is 31.0 Å². The lowest BCUT2D eigenvalue weighted by molar-refractivity contribution is -0.384. The van der Waals surface area contributed by atoms with Crippen LogP contribution in [0.1, 0.15) is 12.5 Å². The predicted molar refractivity (Wildman–Crippen MR) is 68.6 cm³/mol. The number of hydrogen-bond donors (Lipinski definition) is 2. The molecule has 1 atom stereocenters. The van der Waals surface area contributed by atoms with Crippen LogP contribution in [0.4, 0.5) is 5.69 Å². The fourth-order valence-electron chi connectivity index (χ4n) is 1.70. The zero-order valence-electron chi connectivity index (χ0n) is 11.0. The van der Waals surface area contributed by atoms with E-state index in [0.717, 1.165) is 0 Å². The molecule has 0 bridgehead atoms. The fourth-order valence-corrected chi connectivity index (χ4v) is 1.70.